The standard InChI is InChI=1S/C11H14BrN5/c1-4-17-6-14-5-8(17)10-15-7(2)9(12)11(13-3)16-10/h5-6H,4H2,1-3H3,(H,13,15,16). The summed E-state index contributed by atoms with van der Waals surface area (Å²) in [6, 6.07) is 0. The van der Waals surface area contributed by atoms with Crippen LogP contribution < -0.4 is 5.32 Å². The van der Waals surface area contributed by atoms with Gasteiger partial charge in [0.15, 0.2) is 5.82 Å². The number of hydrogen-bond acceptors (Lipinski definition) is 4. The van der Waals surface area contributed by atoms with Crippen LogP contribution in [0.15, 0.2) is 17.0 Å². The van der Waals surface area contributed by atoms with E-state index in [1.54, 1.807) is 12.5 Å². The minimum absolute atomic E-state index is 0.689. The maximum Gasteiger partial charge on any atom is 0.180 e. The number of nitrogens with zero attached hydrogens (tertiary/aromatic N) is 4. The lowest BCUT2D eigenvalue weighted by molar-refractivity contribution is 0.763. The van der Waals surface area contributed by atoms with E-state index in [-0.39, 0.29) is 0 Å². The van der Waals surface area contributed by atoms with Crippen molar-refractivity contribution >= 4 is 21.7 Å². The largest absolute Gasteiger partial charge is 0.372 e. The molecule has 6 heteroatoms. The molecule has 5 nitrogen and oxygen atoms in total. The van der Waals surface area contributed by atoms with Gasteiger partial charge in [0.1, 0.15) is 11.5 Å². The van der Waals surface area contributed by atoms with Crippen LogP contribution in [-0.2, 0) is 6.54 Å². The third-order valence-corrected chi connectivity index (χ3v) is 3.49. The lowest BCUT2D eigenvalue weighted by Crippen LogP contribution is -2.03. The number of hydrogen-bond donors (Lipinski definition) is 1. The van der Waals surface area contributed by atoms with Gasteiger partial charge in [-0.15, -0.1) is 0 Å². The molecule has 0 aromatic carbocycles. The van der Waals surface area contributed by atoms with Crippen LogP contribution in [0, 0.1) is 6.92 Å². The minimum Gasteiger partial charge on any atom is -0.372 e. The highest BCUT2D eigenvalue weighted by Crippen LogP contribution is 2.26. The van der Waals surface area contributed by atoms with Crippen LogP contribution in [0.2, 0.25) is 0 Å². The molecule has 0 aliphatic rings. The van der Waals surface area contributed by atoms with Gasteiger partial charge in [-0.05, 0) is 29.8 Å². The van der Waals surface area contributed by atoms with Gasteiger partial charge in [0.05, 0.1) is 22.7 Å². The van der Waals surface area contributed by atoms with Gasteiger partial charge >= 0.3 is 0 Å². The highest BCUT2D eigenvalue weighted by molar-refractivity contribution is 9.10. The number of aromatic nitrogens is 4. The molecule has 0 saturated carbocycles. The second kappa shape index (κ2) is 4.83. The summed E-state index contributed by atoms with van der Waals surface area (Å²) in [4.78, 5) is 13.1. The van der Waals surface area contributed by atoms with Crippen LogP contribution >= 0.6 is 15.9 Å². The molecule has 0 amide bonds. The van der Waals surface area contributed by atoms with Gasteiger partial charge in [-0.3, -0.25) is 0 Å². The first-order valence-corrected chi connectivity index (χ1v) is 6.19. The predicted molar refractivity (Wildman–Crippen MR) is 70.9 cm³/mol. The number of halogens is 1. The molecular formula is C11H14BrN5. The Balaban J connectivity index is 2.57. The third-order valence-electron chi connectivity index (χ3n) is 2.54. The van der Waals surface area contributed by atoms with E-state index in [1.165, 1.54) is 0 Å². The summed E-state index contributed by atoms with van der Waals surface area (Å²) in [5.41, 5.74) is 1.84. The van der Waals surface area contributed by atoms with Crippen LogP contribution in [0.1, 0.15) is 12.6 Å². The number of nitrogens with one attached hydrogen (secondary N) is 1. The monoisotopic (exact) mass is 295 g/mol. The Kier molecular flexibility index (Phi) is 3.42. The van der Waals surface area contributed by atoms with Crippen molar-refractivity contribution in [3.05, 3.63) is 22.7 Å². The van der Waals surface area contributed by atoms with Crippen molar-refractivity contribution in [2.45, 2.75) is 20.4 Å². The van der Waals surface area contributed by atoms with E-state index in [1.807, 2.05) is 18.5 Å². The summed E-state index contributed by atoms with van der Waals surface area (Å²) in [6.07, 6.45) is 3.57. The van der Waals surface area contributed by atoms with Crippen molar-refractivity contribution in [2.75, 3.05) is 12.4 Å². The average molecular weight is 296 g/mol. The van der Waals surface area contributed by atoms with Crippen molar-refractivity contribution in [1.29, 1.82) is 0 Å². The summed E-state index contributed by atoms with van der Waals surface area (Å²) >= 11 is 3.46. The molecule has 2 rings (SSSR count). The summed E-state index contributed by atoms with van der Waals surface area (Å²) in [7, 11) is 1.84. The zero-order chi connectivity index (χ0) is 12.4. The average Bonchev–Trinajstić information content (AvgIpc) is 2.80. The van der Waals surface area contributed by atoms with Crippen molar-refractivity contribution in [3.8, 4) is 11.5 Å². The third kappa shape index (κ3) is 2.17. The highest BCUT2D eigenvalue weighted by atomic mass is 79.9. The first-order valence-electron chi connectivity index (χ1n) is 5.39. The molecule has 0 unspecified atom stereocenters. The van der Waals surface area contributed by atoms with Gasteiger partial charge < -0.3 is 9.88 Å². The lowest BCUT2D eigenvalue weighted by Gasteiger charge is -2.09. The normalized spacial score (nSPS) is 10.6. The smallest absolute Gasteiger partial charge is 0.180 e. The Morgan fingerprint density at radius 1 is 1.41 bits per heavy atom. The number of aryl methyl sites for hydroxylation is 2. The van der Waals surface area contributed by atoms with Crippen molar-refractivity contribution < 1.29 is 0 Å². The molecule has 0 aliphatic carbocycles. The van der Waals surface area contributed by atoms with E-state index in [0.717, 1.165) is 28.2 Å². The molecule has 2 heterocycles. The molecule has 90 valence electrons. The molecule has 0 fully saturated rings. The molecule has 17 heavy (non-hydrogen) atoms. The Bertz CT molecular complexity index is 535. The molecule has 2 aromatic heterocycles. The van der Waals surface area contributed by atoms with Gasteiger partial charge in [0.25, 0.3) is 0 Å². The Morgan fingerprint density at radius 2 is 2.18 bits per heavy atom. The van der Waals surface area contributed by atoms with Crippen LogP contribution in [0.3, 0.4) is 0 Å². The summed E-state index contributed by atoms with van der Waals surface area (Å²) in [6.45, 7) is 4.86. The summed E-state index contributed by atoms with van der Waals surface area (Å²) in [5.74, 6) is 1.48. The zero-order valence-electron chi connectivity index (χ0n) is 10.0. The maximum absolute atomic E-state index is 4.47. The van der Waals surface area contributed by atoms with Crippen LogP contribution in [0.25, 0.3) is 11.5 Å². The molecule has 0 radical (unpaired) electrons. The molecule has 1 N–H and O–H groups in total. The molecule has 0 saturated heterocycles. The molecule has 0 atom stereocenters. The van der Waals surface area contributed by atoms with Gasteiger partial charge in [-0.1, -0.05) is 0 Å². The van der Waals surface area contributed by atoms with Crippen molar-refractivity contribution in [2.24, 2.45) is 0 Å². The molecular weight excluding hydrogens is 282 g/mol. The fourth-order valence-electron chi connectivity index (χ4n) is 1.60. The fourth-order valence-corrected chi connectivity index (χ4v) is 1.97. The number of anilines is 1. The second-order valence-electron chi connectivity index (χ2n) is 3.61. The molecule has 0 aliphatic heterocycles. The lowest BCUT2D eigenvalue weighted by atomic mass is 10.3. The van der Waals surface area contributed by atoms with E-state index in [9.17, 15) is 0 Å². The van der Waals surface area contributed by atoms with Gasteiger partial charge in [-0.2, -0.15) is 0 Å². The number of imidazole rings is 1. The second-order valence-corrected chi connectivity index (χ2v) is 4.40. The number of rotatable bonds is 3. The molecule has 2 aromatic rings. The van der Waals surface area contributed by atoms with E-state index >= 15 is 0 Å². The van der Waals surface area contributed by atoms with Crippen LogP contribution in [0.4, 0.5) is 5.82 Å². The van der Waals surface area contributed by atoms with Gasteiger partial charge in [-0.25, -0.2) is 15.0 Å². The minimum atomic E-state index is 0.689. The van der Waals surface area contributed by atoms with E-state index in [4.69, 9.17) is 0 Å². The molecule has 0 bridgehead atoms. The predicted octanol–water partition coefficient (Wildman–Crippen LogP) is 2.47. The quantitative estimate of drug-likeness (QED) is 0.945. The first-order chi connectivity index (χ1) is 8.17. The zero-order valence-corrected chi connectivity index (χ0v) is 11.6. The maximum atomic E-state index is 4.47. The van der Waals surface area contributed by atoms with Gasteiger partial charge in [0.2, 0.25) is 0 Å². The fraction of sp³-hybridized carbons (Fsp3) is 0.364. The van der Waals surface area contributed by atoms with Gasteiger partial charge in [0, 0.05) is 13.6 Å². The molecule has 0 spiro atoms. The first kappa shape index (κ1) is 12.0. The Morgan fingerprint density at radius 3 is 2.82 bits per heavy atom. The van der Waals surface area contributed by atoms with E-state index in [2.05, 4.69) is 43.1 Å². The SMILES string of the molecule is CCn1cncc1-c1nc(C)c(Br)c(NC)n1. The van der Waals surface area contributed by atoms with E-state index < -0.39 is 0 Å². The Labute approximate surface area is 108 Å². The summed E-state index contributed by atoms with van der Waals surface area (Å²) < 4.78 is 2.91. The van der Waals surface area contributed by atoms with Crippen molar-refractivity contribution in [1.82, 2.24) is 19.5 Å². The van der Waals surface area contributed by atoms with Crippen LogP contribution in [0.5, 0.6) is 0 Å². The van der Waals surface area contributed by atoms with Crippen LogP contribution in [-0.4, -0.2) is 26.6 Å². The topological polar surface area (TPSA) is 55.6 Å². The highest BCUT2D eigenvalue weighted by Gasteiger charge is 2.12. The summed E-state index contributed by atoms with van der Waals surface area (Å²) in [5, 5.41) is 3.05. The van der Waals surface area contributed by atoms with E-state index in [0.29, 0.717) is 5.82 Å². The Hall–Kier alpha value is -1.43. The van der Waals surface area contributed by atoms with Crippen molar-refractivity contribution in [3.63, 3.8) is 0 Å².